The largest absolute Gasteiger partial charge is 0.389 e. The highest BCUT2D eigenvalue weighted by Gasteiger charge is 1.99. The van der Waals surface area contributed by atoms with Gasteiger partial charge in [0, 0.05) is 0 Å². The quantitative estimate of drug-likeness (QED) is 0.356. The average Bonchev–Trinajstić information content (AvgIpc) is 2.46. The molecule has 0 aliphatic rings. The monoisotopic (exact) mass is 282 g/mol. The molecule has 2 nitrogen and oxygen atoms in total. The normalized spacial score (nSPS) is 14.6. The summed E-state index contributed by atoms with van der Waals surface area (Å²) >= 11 is 0. The third kappa shape index (κ3) is 13.8. The molecule has 0 saturated carbocycles. The van der Waals surface area contributed by atoms with Crippen molar-refractivity contribution in [3.63, 3.8) is 0 Å². The Labute approximate surface area is 125 Å². The van der Waals surface area contributed by atoms with Crippen molar-refractivity contribution in [1.82, 2.24) is 0 Å². The van der Waals surface area contributed by atoms with Crippen molar-refractivity contribution in [2.24, 2.45) is 0 Å². The number of allylic oxidation sites excluding steroid dienone is 1. The summed E-state index contributed by atoms with van der Waals surface area (Å²) in [4.78, 5) is 0. The fourth-order valence-electron chi connectivity index (χ4n) is 2.22. The van der Waals surface area contributed by atoms with E-state index in [2.05, 4.69) is 19.6 Å². The lowest BCUT2D eigenvalue weighted by atomic mass is 10.1. The van der Waals surface area contributed by atoms with Crippen LogP contribution in [0.4, 0.5) is 0 Å². The number of aliphatic hydroxyl groups excluding tert-OH is 2. The number of unbranched alkanes of at least 4 members (excludes halogenated alkanes) is 7. The zero-order valence-electron chi connectivity index (χ0n) is 13.3. The maximum Gasteiger partial charge on any atom is 0.0720 e. The van der Waals surface area contributed by atoms with Gasteiger partial charge in [0.25, 0.3) is 0 Å². The average molecular weight is 282 g/mol. The van der Waals surface area contributed by atoms with Crippen LogP contribution in [-0.2, 0) is 0 Å². The Bertz CT molecular complexity index is 236. The standard InChI is InChI=1S/C18H34O2/c1-3-5-6-7-8-12-15-18(20)16-13-10-9-11-14-17(19)4-2/h4,13,16-20H,2-3,5-12,14-15H2,1H3/b16-13+/t17-,18?/m1/s1. The third-order valence-corrected chi connectivity index (χ3v) is 3.60. The van der Waals surface area contributed by atoms with E-state index in [0.29, 0.717) is 0 Å². The maximum absolute atomic E-state index is 9.79. The summed E-state index contributed by atoms with van der Waals surface area (Å²) in [5.74, 6) is 0. The Kier molecular flexibility index (Phi) is 14.4. The van der Waals surface area contributed by atoms with Crippen LogP contribution >= 0.6 is 0 Å². The maximum atomic E-state index is 9.79. The first kappa shape index (κ1) is 19.4. The second-order valence-electron chi connectivity index (χ2n) is 5.64. The van der Waals surface area contributed by atoms with E-state index >= 15 is 0 Å². The Morgan fingerprint density at radius 2 is 1.45 bits per heavy atom. The van der Waals surface area contributed by atoms with E-state index in [1.807, 2.05) is 6.08 Å². The number of hydrogen-bond donors (Lipinski definition) is 2. The van der Waals surface area contributed by atoms with Crippen LogP contribution in [0, 0.1) is 0 Å². The first-order chi connectivity index (χ1) is 9.70. The molecule has 2 N–H and O–H groups in total. The molecule has 0 aliphatic carbocycles. The van der Waals surface area contributed by atoms with Gasteiger partial charge in [-0.2, -0.15) is 0 Å². The molecule has 20 heavy (non-hydrogen) atoms. The summed E-state index contributed by atoms with van der Waals surface area (Å²) < 4.78 is 0. The summed E-state index contributed by atoms with van der Waals surface area (Å²) in [7, 11) is 0. The molecule has 0 aromatic carbocycles. The summed E-state index contributed by atoms with van der Waals surface area (Å²) in [6, 6.07) is 0. The lowest BCUT2D eigenvalue weighted by Crippen LogP contribution is -2.01. The van der Waals surface area contributed by atoms with E-state index in [1.54, 1.807) is 6.08 Å². The van der Waals surface area contributed by atoms with Gasteiger partial charge in [-0.05, 0) is 25.7 Å². The molecule has 1 unspecified atom stereocenters. The Hall–Kier alpha value is -0.600. The summed E-state index contributed by atoms with van der Waals surface area (Å²) in [5, 5.41) is 19.1. The number of rotatable bonds is 14. The van der Waals surface area contributed by atoms with Gasteiger partial charge in [-0.25, -0.2) is 0 Å². The highest BCUT2D eigenvalue weighted by molar-refractivity contribution is 4.88. The molecule has 0 radical (unpaired) electrons. The zero-order valence-corrected chi connectivity index (χ0v) is 13.3. The Morgan fingerprint density at radius 1 is 0.850 bits per heavy atom. The van der Waals surface area contributed by atoms with Gasteiger partial charge in [-0.1, -0.05) is 70.1 Å². The minimum absolute atomic E-state index is 0.278. The molecule has 0 aliphatic heterocycles. The van der Waals surface area contributed by atoms with Crippen LogP contribution < -0.4 is 0 Å². The van der Waals surface area contributed by atoms with Gasteiger partial charge in [0.2, 0.25) is 0 Å². The van der Waals surface area contributed by atoms with E-state index in [4.69, 9.17) is 0 Å². The van der Waals surface area contributed by atoms with Gasteiger partial charge in [0.1, 0.15) is 0 Å². The molecule has 0 amide bonds. The van der Waals surface area contributed by atoms with Crippen molar-refractivity contribution in [2.45, 2.75) is 89.8 Å². The molecule has 118 valence electrons. The first-order valence-corrected chi connectivity index (χ1v) is 8.36. The van der Waals surface area contributed by atoms with E-state index < -0.39 is 0 Å². The first-order valence-electron chi connectivity index (χ1n) is 8.36. The van der Waals surface area contributed by atoms with Crippen LogP contribution in [0.5, 0.6) is 0 Å². The molecule has 0 bridgehead atoms. The predicted octanol–water partition coefficient (Wildman–Crippen LogP) is 4.76. The fourth-order valence-corrected chi connectivity index (χ4v) is 2.22. The third-order valence-electron chi connectivity index (χ3n) is 3.60. The predicted molar refractivity (Wildman–Crippen MR) is 87.8 cm³/mol. The number of aliphatic hydroxyl groups is 2. The van der Waals surface area contributed by atoms with E-state index in [1.165, 1.54) is 32.1 Å². The lowest BCUT2D eigenvalue weighted by Gasteiger charge is -2.06. The van der Waals surface area contributed by atoms with Crippen molar-refractivity contribution in [3.05, 3.63) is 24.8 Å². The second-order valence-corrected chi connectivity index (χ2v) is 5.64. The summed E-state index contributed by atoms with van der Waals surface area (Å²) in [5.41, 5.74) is 0. The van der Waals surface area contributed by atoms with Crippen LogP contribution in [0.1, 0.15) is 77.6 Å². The topological polar surface area (TPSA) is 40.5 Å². The van der Waals surface area contributed by atoms with Crippen molar-refractivity contribution in [1.29, 1.82) is 0 Å². The Balaban J connectivity index is 3.35. The minimum Gasteiger partial charge on any atom is -0.389 e. The van der Waals surface area contributed by atoms with Gasteiger partial charge < -0.3 is 10.2 Å². The minimum atomic E-state index is -0.364. The fraction of sp³-hybridized carbons (Fsp3) is 0.778. The van der Waals surface area contributed by atoms with E-state index in [9.17, 15) is 10.2 Å². The smallest absolute Gasteiger partial charge is 0.0720 e. The van der Waals surface area contributed by atoms with Gasteiger partial charge in [0.05, 0.1) is 12.2 Å². The molecular formula is C18H34O2. The molecule has 0 heterocycles. The van der Waals surface area contributed by atoms with Gasteiger partial charge in [-0.15, -0.1) is 6.58 Å². The van der Waals surface area contributed by atoms with Crippen LogP contribution in [0.2, 0.25) is 0 Å². The molecular weight excluding hydrogens is 248 g/mol. The SMILES string of the molecule is C=C[C@@H](O)CCCC/C=C/C(O)CCCCCCCC. The van der Waals surface area contributed by atoms with Crippen molar-refractivity contribution >= 4 is 0 Å². The van der Waals surface area contributed by atoms with E-state index in [0.717, 1.165) is 38.5 Å². The molecule has 0 fully saturated rings. The molecule has 2 heteroatoms. The van der Waals surface area contributed by atoms with Crippen LogP contribution in [-0.4, -0.2) is 22.4 Å². The van der Waals surface area contributed by atoms with Crippen LogP contribution in [0.15, 0.2) is 24.8 Å². The second kappa shape index (κ2) is 14.8. The molecule has 0 rings (SSSR count). The van der Waals surface area contributed by atoms with Crippen LogP contribution in [0.25, 0.3) is 0 Å². The highest BCUT2D eigenvalue weighted by Crippen LogP contribution is 2.10. The van der Waals surface area contributed by atoms with Crippen molar-refractivity contribution in [2.75, 3.05) is 0 Å². The van der Waals surface area contributed by atoms with Crippen molar-refractivity contribution in [3.8, 4) is 0 Å². The zero-order chi connectivity index (χ0) is 15.1. The Morgan fingerprint density at radius 3 is 2.15 bits per heavy atom. The lowest BCUT2D eigenvalue weighted by molar-refractivity contribution is 0.206. The molecule has 2 atom stereocenters. The molecule has 0 spiro atoms. The van der Waals surface area contributed by atoms with Gasteiger partial charge in [0.15, 0.2) is 0 Å². The van der Waals surface area contributed by atoms with Gasteiger partial charge in [-0.3, -0.25) is 0 Å². The van der Waals surface area contributed by atoms with E-state index in [-0.39, 0.29) is 12.2 Å². The summed E-state index contributed by atoms with van der Waals surface area (Å²) in [6.07, 6.45) is 17.3. The number of hydrogen-bond acceptors (Lipinski definition) is 2. The van der Waals surface area contributed by atoms with Crippen LogP contribution in [0.3, 0.4) is 0 Å². The van der Waals surface area contributed by atoms with Crippen molar-refractivity contribution < 1.29 is 10.2 Å². The summed E-state index contributed by atoms with van der Waals surface area (Å²) in [6.45, 7) is 5.78. The molecule has 0 saturated heterocycles. The molecule has 0 aromatic rings. The highest BCUT2D eigenvalue weighted by atomic mass is 16.3. The van der Waals surface area contributed by atoms with Gasteiger partial charge >= 0.3 is 0 Å². The molecule has 0 aromatic heterocycles.